The lowest BCUT2D eigenvalue weighted by Crippen LogP contribution is -2.43. The van der Waals surface area contributed by atoms with Crippen molar-refractivity contribution >= 4 is 17.6 Å². The summed E-state index contributed by atoms with van der Waals surface area (Å²) in [5.41, 5.74) is 1.17. The predicted molar refractivity (Wildman–Crippen MR) is 89.2 cm³/mol. The molecular formula is C17H25ClN2O2. The van der Waals surface area contributed by atoms with Gasteiger partial charge in [0.1, 0.15) is 0 Å². The highest BCUT2D eigenvalue weighted by Gasteiger charge is 2.31. The van der Waals surface area contributed by atoms with Crippen LogP contribution in [0.3, 0.4) is 0 Å². The molecule has 5 heteroatoms. The molecule has 2 unspecified atom stereocenters. The van der Waals surface area contributed by atoms with Crippen LogP contribution < -0.4 is 5.32 Å². The van der Waals surface area contributed by atoms with E-state index < -0.39 is 6.10 Å². The SMILES string of the molecule is CCC(CNC(=O)N(C)CC(O)C1CC1)c1ccc(Cl)cc1. The minimum absolute atomic E-state index is 0.132. The summed E-state index contributed by atoms with van der Waals surface area (Å²) >= 11 is 5.91. The molecule has 1 saturated carbocycles. The molecule has 1 aliphatic rings. The Morgan fingerprint density at radius 2 is 2.05 bits per heavy atom. The molecule has 2 rings (SSSR count). The molecular weight excluding hydrogens is 300 g/mol. The van der Waals surface area contributed by atoms with Gasteiger partial charge in [0.15, 0.2) is 0 Å². The van der Waals surface area contributed by atoms with E-state index in [1.54, 1.807) is 11.9 Å². The van der Waals surface area contributed by atoms with Gasteiger partial charge in [-0.25, -0.2) is 4.79 Å². The van der Waals surface area contributed by atoms with Gasteiger partial charge in [0.25, 0.3) is 0 Å². The lowest BCUT2D eigenvalue weighted by atomic mass is 9.96. The van der Waals surface area contributed by atoms with Crippen LogP contribution in [0.1, 0.15) is 37.7 Å². The van der Waals surface area contributed by atoms with E-state index in [9.17, 15) is 9.90 Å². The van der Waals surface area contributed by atoms with E-state index in [1.165, 1.54) is 5.56 Å². The van der Waals surface area contributed by atoms with Crippen molar-refractivity contribution in [2.75, 3.05) is 20.1 Å². The first-order chi connectivity index (χ1) is 10.5. The van der Waals surface area contributed by atoms with Crippen LogP contribution in [0.4, 0.5) is 4.79 Å². The van der Waals surface area contributed by atoms with Crippen LogP contribution in [0, 0.1) is 5.92 Å². The van der Waals surface area contributed by atoms with E-state index in [0.717, 1.165) is 24.3 Å². The highest BCUT2D eigenvalue weighted by Crippen LogP contribution is 2.32. The second kappa shape index (κ2) is 7.84. The first-order valence-electron chi connectivity index (χ1n) is 7.93. The molecule has 2 atom stereocenters. The topological polar surface area (TPSA) is 52.6 Å². The van der Waals surface area contributed by atoms with Gasteiger partial charge in [0, 0.05) is 31.1 Å². The van der Waals surface area contributed by atoms with Crippen LogP contribution >= 0.6 is 11.6 Å². The van der Waals surface area contributed by atoms with Crippen molar-refractivity contribution in [2.24, 2.45) is 5.92 Å². The number of carbonyl (C=O) groups is 1. The number of aliphatic hydroxyl groups is 1. The number of nitrogens with one attached hydrogen (secondary N) is 1. The Kier molecular flexibility index (Phi) is 6.09. The van der Waals surface area contributed by atoms with Gasteiger partial charge >= 0.3 is 6.03 Å². The first-order valence-corrected chi connectivity index (χ1v) is 8.31. The van der Waals surface area contributed by atoms with Crippen LogP contribution in [-0.2, 0) is 0 Å². The lowest BCUT2D eigenvalue weighted by Gasteiger charge is -2.23. The van der Waals surface area contributed by atoms with Gasteiger partial charge in [-0.2, -0.15) is 0 Å². The summed E-state index contributed by atoms with van der Waals surface area (Å²) in [5, 5.41) is 13.6. The Morgan fingerprint density at radius 3 is 2.59 bits per heavy atom. The molecule has 122 valence electrons. The van der Waals surface area contributed by atoms with Gasteiger partial charge < -0.3 is 15.3 Å². The van der Waals surface area contributed by atoms with Crippen LogP contribution in [0.25, 0.3) is 0 Å². The standard InChI is InChI=1S/C17H25ClN2O2/c1-3-12(13-6-8-15(18)9-7-13)10-19-17(22)20(2)11-16(21)14-4-5-14/h6-9,12,14,16,21H,3-5,10-11H2,1-2H3,(H,19,22). The number of aliphatic hydroxyl groups excluding tert-OH is 1. The maximum Gasteiger partial charge on any atom is 0.317 e. The third-order valence-electron chi connectivity index (χ3n) is 4.31. The van der Waals surface area contributed by atoms with Gasteiger partial charge in [0.05, 0.1) is 6.10 Å². The Bertz CT molecular complexity index is 488. The summed E-state index contributed by atoms with van der Waals surface area (Å²) in [6, 6.07) is 7.62. The molecule has 1 fully saturated rings. The summed E-state index contributed by atoms with van der Waals surface area (Å²) in [4.78, 5) is 13.7. The molecule has 1 aromatic rings. The third-order valence-corrected chi connectivity index (χ3v) is 4.56. The second-order valence-electron chi connectivity index (χ2n) is 6.13. The number of likely N-dealkylation sites (N-methyl/N-ethyl adjacent to an activating group) is 1. The average Bonchev–Trinajstić information content (AvgIpc) is 3.34. The molecule has 2 N–H and O–H groups in total. The zero-order valence-electron chi connectivity index (χ0n) is 13.3. The van der Waals surface area contributed by atoms with Crippen LogP contribution in [0.5, 0.6) is 0 Å². The predicted octanol–water partition coefficient (Wildman–Crippen LogP) is 3.25. The summed E-state index contributed by atoms with van der Waals surface area (Å²) in [7, 11) is 1.73. The fourth-order valence-corrected chi connectivity index (χ4v) is 2.70. The van der Waals surface area contributed by atoms with E-state index in [2.05, 4.69) is 12.2 Å². The number of urea groups is 1. The molecule has 4 nitrogen and oxygen atoms in total. The van der Waals surface area contributed by atoms with Gasteiger partial charge in [0.2, 0.25) is 0 Å². The zero-order valence-corrected chi connectivity index (χ0v) is 14.0. The van der Waals surface area contributed by atoms with Crippen molar-refractivity contribution in [1.29, 1.82) is 0 Å². The molecule has 1 aliphatic carbocycles. The second-order valence-corrected chi connectivity index (χ2v) is 6.56. The first kappa shape index (κ1) is 17.1. The summed E-state index contributed by atoms with van der Waals surface area (Å²) in [5.74, 6) is 0.649. The van der Waals surface area contributed by atoms with E-state index in [-0.39, 0.29) is 11.9 Å². The number of hydrogen-bond acceptors (Lipinski definition) is 2. The van der Waals surface area contributed by atoms with Crippen molar-refractivity contribution in [1.82, 2.24) is 10.2 Å². The van der Waals surface area contributed by atoms with Gasteiger partial charge in [-0.15, -0.1) is 0 Å². The van der Waals surface area contributed by atoms with Gasteiger partial charge in [-0.1, -0.05) is 30.7 Å². The Hall–Kier alpha value is -1.26. The minimum atomic E-state index is -0.394. The summed E-state index contributed by atoms with van der Waals surface area (Å²) in [6.45, 7) is 3.08. The largest absolute Gasteiger partial charge is 0.391 e. The highest BCUT2D eigenvalue weighted by atomic mass is 35.5. The van der Waals surface area contributed by atoms with E-state index in [1.807, 2.05) is 24.3 Å². The Labute approximate surface area is 137 Å². The number of halogens is 1. The molecule has 0 aromatic heterocycles. The smallest absolute Gasteiger partial charge is 0.317 e. The maximum atomic E-state index is 12.1. The Morgan fingerprint density at radius 1 is 1.41 bits per heavy atom. The van der Waals surface area contributed by atoms with Gasteiger partial charge in [-0.05, 0) is 42.9 Å². The van der Waals surface area contributed by atoms with E-state index in [4.69, 9.17) is 11.6 Å². The van der Waals surface area contributed by atoms with Crippen molar-refractivity contribution in [3.63, 3.8) is 0 Å². The fraction of sp³-hybridized carbons (Fsp3) is 0.588. The van der Waals surface area contributed by atoms with E-state index >= 15 is 0 Å². The zero-order chi connectivity index (χ0) is 16.1. The van der Waals surface area contributed by atoms with Crippen molar-refractivity contribution in [3.8, 4) is 0 Å². The highest BCUT2D eigenvalue weighted by molar-refractivity contribution is 6.30. The molecule has 0 radical (unpaired) electrons. The molecule has 1 aromatic carbocycles. The number of benzene rings is 1. The molecule has 0 heterocycles. The lowest BCUT2D eigenvalue weighted by molar-refractivity contribution is 0.113. The minimum Gasteiger partial charge on any atom is -0.391 e. The van der Waals surface area contributed by atoms with Crippen molar-refractivity contribution in [2.45, 2.75) is 38.2 Å². The number of amides is 2. The molecule has 2 amide bonds. The van der Waals surface area contributed by atoms with E-state index in [0.29, 0.717) is 19.0 Å². The average molecular weight is 325 g/mol. The molecule has 22 heavy (non-hydrogen) atoms. The maximum absolute atomic E-state index is 12.1. The van der Waals surface area contributed by atoms with Crippen LogP contribution in [-0.4, -0.2) is 42.3 Å². The third kappa shape index (κ3) is 4.89. The number of nitrogens with zero attached hydrogens (tertiary/aromatic N) is 1. The van der Waals surface area contributed by atoms with Gasteiger partial charge in [-0.3, -0.25) is 0 Å². The quantitative estimate of drug-likeness (QED) is 0.809. The molecule has 0 spiro atoms. The summed E-state index contributed by atoms with van der Waals surface area (Å²) in [6.07, 6.45) is 2.70. The molecule has 0 bridgehead atoms. The number of carbonyl (C=O) groups excluding carboxylic acids is 1. The monoisotopic (exact) mass is 324 g/mol. The number of rotatable bonds is 7. The van der Waals surface area contributed by atoms with Crippen LogP contribution in [0.15, 0.2) is 24.3 Å². The normalized spacial score (nSPS) is 16.9. The molecule has 0 saturated heterocycles. The number of hydrogen-bond donors (Lipinski definition) is 2. The van der Waals surface area contributed by atoms with Crippen LogP contribution in [0.2, 0.25) is 5.02 Å². The fourth-order valence-electron chi connectivity index (χ4n) is 2.57. The Balaban J connectivity index is 1.81. The summed E-state index contributed by atoms with van der Waals surface area (Å²) < 4.78 is 0. The van der Waals surface area contributed by atoms with Crippen molar-refractivity contribution in [3.05, 3.63) is 34.9 Å². The molecule has 0 aliphatic heterocycles. The van der Waals surface area contributed by atoms with Crippen molar-refractivity contribution < 1.29 is 9.90 Å².